The van der Waals surface area contributed by atoms with Crippen LogP contribution >= 0.6 is 24.8 Å². The largest absolute Gasteiger partial charge is 0.147 e. The first-order valence-electron chi connectivity index (χ1n) is 3.46. The molecule has 0 heterocycles. The molecule has 0 aromatic rings. The standard InChI is InChI=1S/2C3H10Si.2ClH/c2*1-4(2)3;;/h2*4H,1-3H3;2*1H. The summed E-state index contributed by atoms with van der Waals surface area (Å²) in [6.07, 6.45) is 0. The van der Waals surface area contributed by atoms with Crippen molar-refractivity contribution in [2.24, 2.45) is 0 Å². The molecule has 0 radical (unpaired) electrons. The molecule has 0 spiro atoms. The van der Waals surface area contributed by atoms with Crippen LogP contribution in [0.5, 0.6) is 0 Å². The minimum atomic E-state index is -0.139. The van der Waals surface area contributed by atoms with Crippen molar-refractivity contribution in [2.45, 2.75) is 39.3 Å². The monoisotopic (exact) mass is 220 g/mol. The van der Waals surface area contributed by atoms with E-state index >= 15 is 0 Å². The maximum absolute atomic E-state index is 2.31. The van der Waals surface area contributed by atoms with Gasteiger partial charge in [0.25, 0.3) is 0 Å². The van der Waals surface area contributed by atoms with Gasteiger partial charge in [0.1, 0.15) is 0 Å². The summed E-state index contributed by atoms with van der Waals surface area (Å²) in [6, 6.07) is 0. The predicted octanol–water partition coefficient (Wildman–Crippen LogP) is 3.05. The first-order valence-corrected chi connectivity index (χ1v) is 10.4. The lowest BCUT2D eigenvalue weighted by Crippen LogP contribution is -1.84. The summed E-state index contributed by atoms with van der Waals surface area (Å²) in [7, 11) is -0.278. The van der Waals surface area contributed by atoms with E-state index in [1.165, 1.54) is 0 Å². The van der Waals surface area contributed by atoms with Gasteiger partial charge in [0.05, 0.1) is 0 Å². The van der Waals surface area contributed by atoms with E-state index in [9.17, 15) is 0 Å². The minimum Gasteiger partial charge on any atom is -0.147 e. The van der Waals surface area contributed by atoms with E-state index in [0.717, 1.165) is 0 Å². The quantitative estimate of drug-likeness (QED) is 0.551. The van der Waals surface area contributed by atoms with Crippen molar-refractivity contribution >= 4 is 42.4 Å². The fourth-order valence-corrected chi connectivity index (χ4v) is 0. The SMILES string of the molecule is C[SiH](C)C.C[SiH](C)C.Cl.Cl. The second kappa shape index (κ2) is 16.5. The van der Waals surface area contributed by atoms with Crippen LogP contribution in [-0.4, -0.2) is 17.6 Å². The van der Waals surface area contributed by atoms with Crippen molar-refractivity contribution in [1.82, 2.24) is 0 Å². The third kappa shape index (κ3) is 563. The van der Waals surface area contributed by atoms with Crippen LogP contribution in [0.25, 0.3) is 0 Å². The molecule has 0 aromatic carbocycles. The normalized spacial score (nSPS) is 7.20. The predicted molar refractivity (Wildman–Crippen MR) is 64.0 cm³/mol. The Labute approximate surface area is 81.8 Å². The maximum Gasteiger partial charge on any atom is 0.0274 e. The number of rotatable bonds is 0. The summed E-state index contributed by atoms with van der Waals surface area (Å²) in [6.45, 7) is 13.8. The number of hydrogen-bond acceptors (Lipinski definition) is 0. The molecule has 0 rings (SSSR count). The molecule has 0 aliphatic rings. The molecule has 0 saturated heterocycles. The average molecular weight is 221 g/mol. The van der Waals surface area contributed by atoms with Crippen LogP contribution in [-0.2, 0) is 0 Å². The maximum atomic E-state index is 2.31. The summed E-state index contributed by atoms with van der Waals surface area (Å²) in [5.74, 6) is 0. The van der Waals surface area contributed by atoms with Crippen LogP contribution in [0.15, 0.2) is 0 Å². The smallest absolute Gasteiger partial charge is 0.0274 e. The lowest BCUT2D eigenvalue weighted by molar-refractivity contribution is 1.91. The lowest BCUT2D eigenvalue weighted by atomic mass is 11.8. The molecule has 0 N–H and O–H groups in total. The van der Waals surface area contributed by atoms with Crippen molar-refractivity contribution in [2.75, 3.05) is 0 Å². The van der Waals surface area contributed by atoms with Gasteiger partial charge < -0.3 is 0 Å². The molecule has 68 valence electrons. The molecule has 10 heavy (non-hydrogen) atoms. The molecular formula is C6H22Cl2Si2. The Morgan fingerprint density at radius 2 is 0.500 bits per heavy atom. The van der Waals surface area contributed by atoms with Crippen molar-refractivity contribution in [1.29, 1.82) is 0 Å². The molecule has 0 aliphatic carbocycles. The summed E-state index contributed by atoms with van der Waals surface area (Å²) < 4.78 is 0. The Kier molecular flexibility index (Phi) is 37.1. The Morgan fingerprint density at radius 3 is 0.500 bits per heavy atom. The van der Waals surface area contributed by atoms with E-state index in [0.29, 0.717) is 0 Å². The fraction of sp³-hybridized carbons (Fsp3) is 1.00. The Bertz CT molecular complexity index is 29.2. The zero-order valence-electron chi connectivity index (χ0n) is 7.97. The van der Waals surface area contributed by atoms with Crippen molar-refractivity contribution < 1.29 is 0 Å². The lowest BCUT2D eigenvalue weighted by Gasteiger charge is -1.75. The summed E-state index contributed by atoms with van der Waals surface area (Å²) in [4.78, 5) is 0. The molecule has 0 aliphatic heterocycles. The highest BCUT2D eigenvalue weighted by Crippen LogP contribution is 1.68. The third-order valence-electron chi connectivity index (χ3n) is 0. The Balaban J connectivity index is -0.0000000300. The van der Waals surface area contributed by atoms with Gasteiger partial charge in [-0.2, -0.15) is 0 Å². The van der Waals surface area contributed by atoms with Crippen LogP contribution < -0.4 is 0 Å². The van der Waals surface area contributed by atoms with Crippen LogP contribution in [0.4, 0.5) is 0 Å². The van der Waals surface area contributed by atoms with Gasteiger partial charge in [-0.15, -0.1) is 24.8 Å². The van der Waals surface area contributed by atoms with Crippen LogP contribution in [0.1, 0.15) is 0 Å². The van der Waals surface area contributed by atoms with E-state index in [2.05, 4.69) is 39.3 Å². The Hall–Kier alpha value is 1.01. The summed E-state index contributed by atoms with van der Waals surface area (Å²) >= 11 is 0. The molecule has 0 fully saturated rings. The molecule has 0 saturated carbocycles. The average Bonchev–Trinajstić information content (AvgIpc) is 1.25. The molecule has 0 bridgehead atoms. The van der Waals surface area contributed by atoms with E-state index < -0.39 is 0 Å². The topological polar surface area (TPSA) is 0 Å². The first-order chi connectivity index (χ1) is 3.46. The van der Waals surface area contributed by atoms with Crippen molar-refractivity contribution in [3.63, 3.8) is 0 Å². The molecule has 0 aromatic heterocycles. The van der Waals surface area contributed by atoms with Gasteiger partial charge in [0.2, 0.25) is 0 Å². The second-order valence-corrected chi connectivity index (χ2v) is 10.4. The highest BCUT2D eigenvalue weighted by Gasteiger charge is 1.71. The molecular weight excluding hydrogens is 199 g/mol. The second-order valence-electron chi connectivity index (χ2n) is 3.46. The minimum absolute atomic E-state index is 0. The fourth-order valence-electron chi connectivity index (χ4n) is 0. The van der Waals surface area contributed by atoms with Gasteiger partial charge in [0.15, 0.2) is 0 Å². The van der Waals surface area contributed by atoms with E-state index in [-0.39, 0.29) is 42.4 Å². The van der Waals surface area contributed by atoms with Gasteiger partial charge in [0, 0.05) is 17.6 Å². The Morgan fingerprint density at radius 1 is 0.500 bits per heavy atom. The molecule has 0 amide bonds. The summed E-state index contributed by atoms with van der Waals surface area (Å²) in [5, 5.41) is 0. The highest BCUT2D eigenvalue weighted by atomic mass is 35.5. The molecule has 0 nitrogen and oxygen atoms in total. The summed E-state index contributed by atoms with van der Waals surface area (Å²) in [5.41, 5.74) is 0. The van der Waals surface area contributed by atoms with Gasteiger partial charge in [-0.05, 0) is 0 Å². The van der Waals surface area contributed by atoms with Crippen LogP contribution in [0.3, 0.4) is 0 Å². The van der Waals surface area contributed by atoms with E-state index in [4.69, 9.17) is 0 Å². The van der Waals surface area contributed by atoms with Crippen molar-refractivity contribution in [3.05, 3.63) is 0 Å². The molecule has 4 heteroatoms. The molecule has 0 unspecified atom stereocenters. The highest BCUT2D eigenvalue weighted by molar-refractivity contribution is 6.54. The van der Waals surface area contributed by atoms with Gasteiger partial charge in [-0.25, -0.2) is 0 Å². The van der Waals surface area contributed by atoms with Crippen LogP contribution in [0.2, 0.25) is 39.3 Å². The van der Waals surface area contributed by atoms with Gasteiger partial charge >= 0.3 is 0 Å². The molecule has 0 atom stereocenters. The van der Waals surface area contributed by atoms with Gasteiger partial charge in [-0.3, -0.25) is 0 Å². The first kappa shape index (κ1) is 22.5. The zero-order chi connectivity index (χ0) is 7.15. The van der Waals surface area contributed by atoms with Gasteiger partial charge in [-0.1, -0.05) is 39.3 Å². The third-order valence-corrected chi connectivity index (χ3v) is 0. The zero-order valence-corrected chi connectivity index (χ0v) is 11.9. The van der Waals surface area contributed by atoms with Crippen molar-refractivity contribution in [3.8, 4) is 0 Å². The number of halogens is 2. The van der Waals surface area contributed by atoms with Crippen LogP contribution in [0, 0.1) is 0 Å². The number of hydrogen-bond donors (Lipinski definition) is 0. The van der Waals surface area contributed by atoms with E-state index in [1.54, 1.807) is 0 Å². The van der Waals surface area contributed by atoms with E-state index in [1.807, 2.05) is 0 Å².